The van der Waals surface area contributed by atoms with E-state index in [0.29, 0.717) is 17.2 Å². The Morgan fingerprint density at radius 3 is 2.64 bits per heavy atom. The van der Waals surface area contributed by atoms with E-state index in [1.165, 1.54) is 6.08 Å². The second-order valence-corrected chi connectivity index (χ2v) is 6.27. The van der Waals surface area contributed by atoms with Gasteiger partial charge in [0.2, 0.25) is 0 Å². The Labute approximate surface area is 149 Å². The Morgan fingerprint density at radius 1 is 1.12 bits per heavy atom. The van der Waals surface area contributed by atoms with Crippen molar-refractivity contribution in [3.8, 4) is 16.9 Å². The zero-order chi connectivity index (χ0) is 18.0. The SMILES string of the molecule is COc1cc(Cl)ccc1-c1cccc(C2C=C(C(F)(F)F)C=CC2)c1. The Bertz CT molecular complexity index is 837. The van der Waals surface area contributed by atoms with E-state index in [2.05, 4.69) is 0 Å². The third kappa shape index (κ3) is 3.90. The van der Waals surface area contributed by atoms with Crippen LogP contribution in [-0.4, -0.2) is 13.3 Å². The molecule has 2 aromatic rings. The first kappa shape index (κ1) is 17.6. The van der Waals surface area contributed by atoms with Crippen LogP contribution in [0.15, 0.2) is 66.3 Å². The van der Waals surface area contributed by atoms with Gasteiger partial charge in [-0.3, -0.25) is 0 Å². The molecule has 5 heteroatoms. The second-order valence-electron chi connectivity index (χ2n) is 5.83. The summed E-state index contributed by atoms with van der Waals surface area (Å²) in [4.78, 5) is 0. The van der Waals surface area contributed by atoms with Crippen molar-refractivity contribution in [2.75, 3.05) is 7.11 Å². The summed E-state index contributed by atoms with van der Waals surface area (Å²) < 4.78 is 44.3. The summed E-state index contributed by atoms with van der Waals surface area (Å²) in [6.45, 7) is 0. The Kier molecular flexibility index (Phi) is 4.91. The molecule has 0 amide bonds. The van der Waals surface area contributed by atoms with E-state index in [0.717, 1.165) is 22.8 Å². The van der Waals surface area contributed by atoms with Gasteiger partial charge in [-0.2, -0.15) is 13.2 Å². The van der Waals surface area contributed by atoms with Crippen LogP contribution in [0.5, 0.6) is 5.75 Å². The highest BCUT2D eigenvalue weighted by Crippen LogP contribution is 2.37. The molecule has 25 heavy (non-hydrogen) atoms. The van der Waals surface area contributed by atoms with Crippen LogP contribution in [0.1, 0.15) is 17.9 Å². The molecule has 3 rings (SSSR count). The van der Waals surface area contributed by atoms with Gasteiger partial charge >= 0.3 is 6.18 Å². The number of allylic oxidation sites excluding steroid dienone is 4. The third-order valence-corrected chi connectivity index (χ3v) is 4.42. The summed E-state index contributed by atoms with van der Waals surface area (Å²) in [5, 5.41) is 0.562. The number of benzene rings is 2. The fourth-order valence-corrected chi connectivity index (χ4v) is 3.11. The molecular weight excluding hydrogens is 349 g/mol. The molecule has 0 spiro atoms. The number of methoxy groups -OCH3 is 1. The minimum absolute atomic E-state index is 0.306. The number of hydrogen-bond donors (Lipinski definition) is 0. The predicted octanol–water partition coefficient (Wildman–Crippen LogP) is 6.55. The number of alkyl halides is 3. The predicted molar refractivity (Wildman–Crippen MR) is 94.1 cm³/mol. The number of rotatable bonds is 3. The Hall–Kier alpha value is -2.20. The lowest BCUT2D eigenvalue weighted by molar-refractivity contribution is -0.0887. The maximum atomic E-state index is 13.0. The number of halogens is 4. The first-order valence-electron chi connectivity index (χ1n) is 7.78. The average Bonchev–Trinajstić information content (AvgIpc) is 2.61. The van der Waals surface area contributed by atoms with Gasteiger partial charge in [0.25, 0.3) is 0 Å². The second kappa shape index (κ2) is 6.96. The van der Waals surface area contributed by atoms with Gasteiger partial charge in [-0.15, -0.1) is 0 Å². The normalized spacial score (nSPS) is 17.3. The minimum atomic E-state index is -4.33. The van der Waals surface area contributed by atoms with Crippen molar-refractivity contribution in [1.82, 2.24) is 0 Å². The molecule has 0 N–H and O–H groups in total. The van der Waals surface area contributed by atoms with Crippen LogP contribution < -0.4 is 4.74 Å². The van der Waals surface area contributed by atoms with Crippen molar-refractivity contribution in [3.05, 3.63) is 76.9 Å². The van der Waals surface area contributed by atoms with Gasteiger partial charge in [0.15, 0.2) is 0 Å². The Balaban J connectivity index is 1.98. The molecule has 130 valence electrons. The number of hydrogen-bond acceptors (Lipinski definition) is 1. The fourth-order valence-electron chi connectivity index (χ4n) is 2.94. The lowest BCUT2D eigenvalue weighted by Crippen LogP contribution is -2.13. The Morgan fingerprint density at radius 2 is 1.92 bits per heavy atom. The molecule has 0 heterocycles. The summed E-state index contributed by atoms with van der Waals surface area (Å²) in [7, 11) is 1.56. The first-order valence-corrected chi connectivity index (χ1v) is 8.15. The van der Waals surface area contributed by atoms with Crippen LogP contribution in [0.4, 0.5) is 13.2 Å². The minimum Gasteiger partial charge on any atom is -0.496 e. The highest BCUT2D eigenvalue weighted by molar-refractivity contribution is 6.30. The van der Waals surface area contributed by atoms with Crippen LogP contribution in [0.3, 0.4) is 0 Å². The van der Waals surface area contributed by atoms with Crippen molar-refractivity contribution < 1.29 is 17.9 Å². The quantitative estimate of drug-likeness (QED) is 0.600. The van der Waals surface area contributed by atoms with Gasteiger partial charge in [-0.05, 0) is 35.7 Å². The lowest BCUT2D eigenvalue weighted by atomic mass is 9.88. The van der Waals surface area contributed by atoms with Crippen molar-refractivity contribution in [3.63, 3.8) is 0 Å². The maximum absolute atomic E-state index is 13.0. The number of ether oxygens (including phenoxy) is 1. The summed E-state index contributed by atoms with van der Waals surface area (Å²) in [5.74, 6) is 0.319. The van der Waals surface area contributed by atoms with E-state index < -0.39 is 11.7 Å². The van der Waals surface area contributed by atoms with E-state index in [-0.39, 0.29) is 5.92 Å². The first-order chi connectivity index (χ1) is 11.9. The third-order valence-electron chi connectivity index (χ3n) is 4.18. The molecule has 0 bridgehead atoms. The molecule has 0 aliphatic heterocycles. The van der Waals surface area contributed by atoms with Gasteiger partial charge < -0.3 is 4.74 Å². The van der Waals surface area contributed by atoms with Crippen molar-refractivity contribution in [1.29, 1.82) is 0 Å². The zero-order valence-electron chi connectivity index (χ0n) is 13.5. The summed E-state index contributed by atoms with van der Waals surface area (Å²) >= 11 is 5.99. The molecule has 0 fully saturated rings. The molecule has 0 aromatic heterocycles. The smallest absolute Gasteiger partial charge is 0.416 e. The molecule has 1 aliphatic rings. The van der Waals surface area contributed by atoms with E-state index in [9.17, 15) is 13.2 Å². The van der Waals surface area contributed by atoms with Crippen LogP contribution in [-0.2, 0) is 0 Å². The van der Waals surface area contributed by atoms with E-state index in [4.69, 9.17) is 16.3 Å². The van der Waals surface area contributed by atoms with Gasteiger partial charge in [0.1, 0.15) is 5.75 Å². The maximum Gasteiger partial charge on any atom is 0.416 e. The van der Waals surface area contributed by atoms with Crippen LogP contribution in [0, 0.1) is 0 Å². The summed E-state index contributed by atoms with van der Waals surface area (Å²) in [6.07, 6.45) is 0.219. The van der Waals surface area contributed by atoms with Gasteiger partial charge in [0, 0.05) is 16.5 Å². The highest BCUT2D eigenvalue weighted by atomic mass is 35.5. The molecule has 0 radical (unpaired) electrons. The van der Waals surface area contributed by atoms with Gasteiger partial charge in [-0.25, -0.2) is 0 Å². The monoisotopic (exact) mass is 364 g/mol. The van der Waals surface area contributed by atoms with Crippen molar-refractivity contribution in [2.24, 2.45) is 0 Å². The van der Waals surface area contributed by atoms with Crippen molar-refractivity contribution >= 4 is 11.6 Å². The lowest BCUT2D eigenvalue weighted by Gasteiger charge is -2.19. The molecule has 2 aromatic carbocycles. The molecule has 0 saturated carbocycles. The molecule has 1 unspecified atom stereocenters. The molecule has 1 nitrogen and oxygen atoms in total. The van der Waals surface area contributed by atoms with Crippen LogP contribution in [0.2, 0.25) is 5.02 Å². The molecule has 0 saturated heterocycles. The van der Waals surface area contributed by atoms with Gasteiger partial charge in [-0.1, -0.05) is 54.1 Å². The highest BCUT2D eigenvalue weighted by Gasteiger charge is 2.33. The van der Waals surface area contributed by atoms with Crippen molar-refractivity contribution in [2.45, 2.75) is 18.5 Å². The van der Waals surface area contributed by atoms with Gasteiger partial charge in [0.05, 0.1) is 12.7 Å². The van der Waals surface area contributed by atoms with Crippen LogP contribution in [0.25, 0.3) is 11.1 Å². The van der Waals surface area contributed by atoms with Crippen LogP contribution >= 0.6 is 11.6 Å². The zero-order valence-corrected chi connectivity index (χ0v) is 14.2. The average molecular weight is 365 g/mol. The molecule has 1 aliphatic carbocycles. The summed E-state index contributed by atoms with van der Waals surface area (Å²) in [6, 6.07) is 12.8. The standard InChI is InChI=1S/C20H16ClF3O/c1-25-19-12-17(21)8-9-18(19)15-6-2-4-13(10-15)14-5-3-7-16(11-14)20(22,23)24/h2-4,6-12,14H,5H2,1H3. The molecule has 1 atom stereocenters. The van der Waals surface area contributed by atoms with E-state index in [1.54, 1.807) is 25.3 Å². The molecular formula is C20H16ClF3O. The topological polar surface area (TPSA) is 9.23 Å². The van der Waals surface area contributed by atoms with E-state index >= 15 is 0 Å². The van der Waals surface area contributed by atoms with E-state index in [1.807, 2.05) is 30.3 Å². The fraction of sp³-hybridized carbons (Fsp3) is 0.200. The largest absolute Gasteiger partial charge is 0.496 e. The summed E-state index contributed by atoms with van der Waals surface area (Å²) in [5.41, 5.74) is 1.96.